The SMILES string of the molecule is O=C(NC1CCC(CCN2CCN(c3nsc4ccccc34)CC2)CC1)c1ccco1. The topological polar surface area (TPSA) is 61.6 Å². The largest absolute Gasteiger partial charge is 0.459 e. The van der Waals surface area contributed by atoms with E-state index in [-0.39, 0.29) is 11.9 Å². The lowest BCUT2D eigenvalue weighted by Crippen LogP contribution is -2.47. The first-order valence-electron chi connectivity index (χ1n) is 11.4. The number of anilines is 1. The number of aromatic nitrogens is 1. The zero-order valence-corrected chi connectivity index (χ0v) is 18.7. The average molecular weight is 439 g/mol. The van der Waals surface area contributed by atoms with Crippen LogP contribution in [0.25, 0.3) is 10.1 Å². The Balaban J connectivity index is 1.03. The van der Waals surface area contributed by atoms with Crippen molar-refractivity contribution in [2.24, 2.45) is 5.92 Å². The average Bonchev–Trinajstić information content (AvgIpc) is 3.49. The number of carbonyl (C=O) groups excluding carboxylic acids is 1. The van der Waals surface area contributed by atoms with Gasteiger partial charge in [-0.05, 0) is 80.4 Å². The fraction of sp³-hybridized carbons (Fsp3) is 0.500. The molecule has 1 saturated carbocycles. The highest BCUT2D eigenvalue weighted by atomic mass is 32.1. The maximum atomic E-state index is 12.2. The maximum absolute atomic E-state index is 12.2. The molecule has 1 aromatic carbocycles. The Morgan fingerprint density at radius 1 is 1.06 bits per heavy atom. The monoisotopic (exact) mass is 438 g/mol. The zero-order chi connectivity index (χ0) is 21.0. The van der Waals surface area contributed by atoms with Gasteiger partial charge in [0.2, 0.25) is 0 Å². The third-order valence-electron chi connectivity index (χ3n) is 6.81. The van der Waals surface area contributed by atoms with Crippen LogP contribution in [-0.4, -0.2) is 53.9 Å². The molecule has 1 aliphatic heterocycles. The van der Waals surface area contributed by atoms with Crippen molar-refractivity contribution in [3.05, 3.63) is 48.4 Å². The van der Waals surface area contributed by atoms with Crippen LogP contribution in [0.5, 0.6) is 0 Å². The van der Waals surface area contributed by atoms with Crippen LogP contribution in [0.1, 0.15) is 42.7 Å². The number of benzene rings is 1. The van der Waals surface area contributed by atoms with Gasteiger partial charge in [0.05, 0.1) is 11.0 Å². The molecule has 2 aliphatic rings. The first-order valence-corrected chi connectivity index (χ1v) is 12.2. The van der Waals surface area contributed by atoms with Crippen molar-refractivity contribution in [2.45, 2.75) is 38.1 Å². The molecule has 0 atom stereocenters. The lowest BCUT2D eigenvalue weighted by molar-refractivity contribution is 0.0891. The second-order valence-corrected chi connectivity index (χ2v) is 9.59. The number of fused-ring (bicyclic) bond motifs is 1. The Kier molecular flexibility index (Phi) is 6.22. The molecule has 0 radical (unpaired) electrons. The predicted molar refractivity (Wildman–Crippen MR) is 125 cm³/mol. The maximum Gasteiger partial charge on any atom is 0.287 e. The summed E-state index contributed by atoms with van der Waals surface area (Å²) < 4.78 is 11.2. The summed E-state index contributed by atoms with van der Waals surface area (Å²) >= 11 is 1.60. The van der Waals surface area contributed by atoms with E-state index in [1.54, 1.807) is 29.9 Å². The number of amides is 1. The molecule has 31 heavy (non-hydrogen) atoms. The molecule has 164 valence electrons. The van der Waals surface area contributed by atoms with E-state index >= 15 is 0 Å². The molecule has 0 unspecified atom stereocenters. The van der Waals surface area contributed by atoms with Crippen molar-refractivity contribution < 1.29 is 9.21 Å². The minimum atomic E-state index is -0.0841. The van der Waals surface area contributed by atoms with Crippen molar-refractivity contribution in [3.63, 3.8) is 0 Å². The molecule has 6 nitrogen and oxygen atoms in total. The van der Waals surface area contributed by atoms with Gasteiger partial charge in [0, 0.05) is 37.6 Å². The molecular weight excluding hydrogens is 408 g/mol. The minimum Gasteiger partial charge on any atom is -0.459 e. The Hall–Kier alpha value is -2.38. The molecule has 3 heterocycles. The first-order chi connectivity index (χ1) is 15.3. The van der Waals surface area contributed by atoms with Crippen LogP contribution in [0, 0.1) is 5.92 Å². The van der Waals surface area contributed by atoms with Gasteiger partial charge >= 0.3 is 0 Å². The quantitative estimate of drug-likeness (QED) is 0.618. The summed E-state index contributed by atoms with van der Waals surface area (Å²) in [6.45, 7) is 5.51. The van der Waals surface area contributed by atoms with Crippen molar-refractivity contribution in [3.8, 4) is 0 Å². The molecular formula is C24H30N4O2S. The van der Waals surface area contributed by atoms with E-state index in [1.165, 1.54) is 35.9 Å². The second kappa shape index (κ2) is 9.40. The number of piperazine rings is 1. The predicted octanol–water partition coefficient (Wildman–Crippen LogP) is 4.39. The molecule has 0 spiro atoms. The number of carbonyl (C=O) groups is 1. The van der Waals surface area contributed by atoms with Crippen molar-refractivity contribution in [1.29, 1.82) is 0 Å². The van der Waals surface area contributed by atoms with Crippen LogP contribution < -0.4 is 10.2 Å². The standard InChI is InChI=1S/C24H30N4O2S/c29-24(21-5-3-17-30-21)25-19-9-7-18(8-10-19)11-12-27-13-15-28(16-14-27)23-20-4-1-2-6-22(20)31-26-23/h1-6,17-19H,7-16H2,(H,25,29). The van der Waals surface area contributed by atoms with E-state index < -0.39 is 0 Å². The smallest absolute Gasteiger partial charge is 0.287 e. The number of nitrogens with zero attached hydrogens (tertiary/aromatic N) is 3. The van der Waals surface area contributed by atoms with E-state index in [0.717, 1.165) is 50.8 Å². The van der Waals surface area contributed by atoms with Crippen molar-refractivity contribution in [2.75, 3.05) is 37.6 Å². The van der Waals surface area contributed by atoms with Gasteiger partial charge in [-0.25, -0.2) is 0 Å². The minimum absolute atomic E-state index is 0.0841. The van der Waals surface area contributed by atoms with E-state index in [1.807, 2.05) is 0 Å². The van der Waals surface area contributed by atoms with Gasteiger partial charge in [0.15, 0.2) is 5.76 Å². The number of nitrogens with one attached hydrogen (secondary N) is 1. The van der Waals surface area contributed by atoms with Gasteiger partial charge in [0.25, 0.3) is 5.91 Å². The van der Waals surface area contributed by atoms with Gasteiger partial charge in [0.1, 0.15) is 5.82 Å². The summed E-state index contributed by atoms with van der Waals surface area (Å²) in [6.07, 6.45) is 7.36. The number of hydrogen-bond acceptors (Lipinski definition) is 6. The molecule has 7 heteroatoms. The summed E-state index contributed by atoms with van der Waals surface area (Å²) in [5, 5.41) is 4.41. The van der Waals surface area contributed by atoms with E-state index in [0.29, 0.717) is 5.76 Å². The lowest BCUT2D eigenvalue weighted by atomic mass is 9.84. The Morgan fingerprint density at radius 2 is 1.87 bits per heavy atom. The molecule has 2 aromatic heterocycles. The Morgan fingerprint density at radius 3 is 2.65 bits per heavy atom. The fourth-order valence-electron chi connectivity index (χ4n) is 4.91. The van der Waals surface area contributed by atoms with Crippen molar-refractivity contribution >= 4 is 33.3 Å². The van der Waals surface area contributed by atoms with Crippen LogP contribution in [0.3, 0.4) is 0 Å². The van der Waals surface area contributed by atoms with Crippen LogP contribution in [-0.2, 0) is 0 Å². The highest BCUT2D eigenvalue weighted by Gasteiger charge is 2.25. The molecule has 5 rings (SSSR count). The normalized spacial score (nSPS) is 22.6. The first kappa shape index (κ1) is 20.5. The van der Waals surface area contributed by atoms with Crippen LogP contribution >= 0.6 is 11.5 Å². The van der Waals surface area contributed by atoms with Crippen LogP contribution in [0.4, 0.5) is 5.82 Å². The van der Waals surface area contributed by atoms with Crippen molar-refractivity contribution in [1.82, 2.24) is 14.6 Å². The van der Waals surface area contributed by atoms with Gasteiger partial charge in [-0.15, -0.1) is 0 Å². The highest BCUT2D eigenvalue weighted by molar-refractivity contribution is 7.13. The van der Waals surface area contributed by atoms with Gasteiger partial charge in [-0.2, -0.15) is 4.37 Å². The van der Waals surface area contributed by atoms with E-state index in [4.69, 9.17) is 8.79 Å². The Labute approximate surface area is 187 Å². The lowest BCUT2D eigenvalue weighted by Gasteiger charge is -2.36. The van der Waals surface area contributed by atoms with Crippen LogP contribution in [0.2, 0.25) is 0 Å². The molecule has 0 bridgehead atoms. The number of rotatable bonds is 6. The van der Waals surface area contributed by atoms with Gasteiger partial charge in [-0.3, -0.25) is 9.69 Å². The molecule has 1 saturated heterocycles. The molecule has 1 amide bonds. The Bertz CT molecular complexity index is 986. The van der Waals surface area contributed by atoms with Crippen LogP contribution in [0.15, 0.2) is 47.1 Å². The second-order valence-electron chi connectivity index (χ2n) is 8.79. The molecule has 2 fully saturated rings. The third kappa shape index (κ3) is 4.77. The number of furan rings is 1. The number of hydrogen-bond donors (Lipinski definition) is 1. The van der Waals surface area contributed by atoms with Gasteiger partial charge in [-0.1, -0.05) is 12.1 Å². The summed E-state index contributed by atoms with van der Waals surface area (Å²) in [4.78, 5) is 17.2. The van der Waals surface area contributed by atoms with E-state index in [2.05, 4.69) is 39.4 Å². The highest BCUT2D eigenvalue weighted by Crippen LogP contribution is 2.30. The summed E-state index contributed by atoms with van der Waals surface area (Å²) in [5.74, 6) is 2.26. The van der Waals surface area contributed by atoms with Gasteiger partial charge < -0.3 is 14.6 Å². The molecule has 1 N–H and O–H groups in total. The summed E-state index contributed by atoms with van der Waals surface area (Å²) in [7, 11) is 0. The zero-order valence-electron chi connectivity index (χ0n) is 17.8. The molecule has 3 aromatic rings. The van der Waals surface area contributed by atoms with E-state index in [9.17, 15) is 4.79 Å². The third-order valence-corrected chi connectivity index (χ3v) is 7.63. The summed E-state index contributed by atoms with van der Waals surface area (Å²) in [6, 6.07) is 12.3. The fourth-order valence-corrected chi connectivity index (χ4v) is 5.70. The summed E-state index contributed by atoms with van der Waals surface area (Å²) in [5.41, 5.74) is 0. The molecule has 1 aliphatic carbocycles.